The molecule has 0 aliphatic carbocycles. The molecule has 7 heteroatoms. The van der Waals surface area contributed by atoms with Crippen LogP contribution >= 0.6 is 0 Å². The first-order valence-electron chi connectivity index (χ1n) is 9.10. The maximum atomic E-state index is 12.4. The molecule has 28 heavy (non-hydrogen) atoms. The number of anilines is 1. The van der Waals surface area contributed by atoms with Crippen LogP contribution in [0.1, 0.15) is 6.42 Å². The molecule has 1 fully saturated rings. The number of nitrogens with zero attached hydrogens (tertiary/aromatic N) is 1. The van der Waals surface area contributed by atoms with Gasteiger partial charge < -0.3 is 24.4 Å². The largest absolute Gasteiger partial charge is 0.497 e. The third kappa shape index (κ3) is 4.54. The van der Waals surface area contributed by atoms with Gasteiger partial charge in [0.05, 0.1) is 32.4 Å². The van der Waals surface area contributed by atoms with Gasteiger partial charge in [-0.2, -0.15) is 0 Å². The van der Waals surface area contributed by atoms with Gasteiger partial charge in [-0.1, -0.05) is 12.1 Å². The Balaban J connectivity index is 1.48. The number of carbonyl (C=O) groups excluding carboxylic acids is 2. The Morgan fingerprint density at radius 2 is 1.79 bits per heavy atom. The summed E-state index contributed by atoms with van der Waals surface area (Å²) in [6.07, 6.45) is 0.184. The van der Waals surface area contributed by atoms with Crippen LogP contribution in [0.3, 0.4) is 0 Å². The summed E-state index contributed by atoms with van der Waals surface area (Å²) in [6, 6.07) is 14.5. The summed E-state index contributed by atoms with van der Waals surface area (Å²) in [5.74, 6) is 1.45. The van der Waals surface area contributed by atoms with Gasteiger partial charge >= 0.3 is 0 Å². The van der Waals surface area contributed by atoms with Gasteiger partial charge in [-0.25, -0.2) is 0 Å². The Morgan fingerprint density at radius 3 is 2.50 bits per heavy atom. The number of para-hydroxylation sites is 2. The van der Waals surface area contributed by atoms with Crippen LogP contribution in [0, 0.1) is 5.92 Å². The Morgan fingerprint density at radius 1 is 1.07 bits per heavy atom. The van der Waals surface area contributed by atoms with E-state index in [9.17, 15) is 9.59 Å². The summed E-state index contributed by atoms with van der Waals surface area (Å²) in [6.45, 7) is 1.05. The molecule has 2 aromatic carbocycles. The van der Waals surface area contributed by atoms with Crippen molar-refractivity contribution in [2.24, 2.45) is 5.92 Å². The lowest BCUT2D eigenvalue weighted by Gasteiger charge is -2.19. The van der Waals surface area contributed by atoms with E-state index in [0.717, 1.165) is 5.75 Å². The molecular formula is C21H24N2O5. The van der Waals surface area contributed by atoms with Gasteiger partial charge in [-0.15, -0.1) is 0 Å². The van der Waals surface area contributed by atoms with Crippen molar-refractivity contribution in [2.75, 3.05) is 38.8 Å². The lowest BCUT2D eigenvalue weighted by Crippen LogP contribution is -2.35. The highest BCUT2D eigenvalue weighted by atomic mass is 16.5. The highest BCUT2D eigenvalue weighted by molar-refractivity contribution is 6.01. The van der Waals surface area contributed by atoms with Gasteiger partial charge in [0.1, 0.15) is 23.9 Å². The Labute approximate surface area is 164 Å². The van der Waals surface area contributed by atoms with Crippen molar-refractivity contribution in [3.63, 3.8) is 0 Å². The monoisotopic (exact) mass is 384 g/mol. The number of hydrogen-bond acceptors (Lipinski definition) is 5. The van der Waals surface area contributed by atoms with Gasteiger partial charge in [0, 0.05) is 13.0 Å². The molecule has 1 N–H and O–H groups in total. The van der Waals surface area contributed by atoms with Crippen LogP contribution in [0.25, 0.3) is 0 Å². The smallest absolute Gasteiger partial charge is 0.227 e. The van der Waals surface area contributed by atoms with Crippen molar-refractivity contribution >= 4 is 17.5 Å². The fraction of sp³-hybridized carbons (Fsp3) is 0.333. The number of ether oxygens (including phenoxy) is 3. The number of hydrogen-bond donors (Lipinski definition) is 1. The third-order valence-corrected chi connectivity index (χ3v) is 4.60. The van der Waals surface area contributed by atoms with Gasteiger partial charge in [0.2, 0.25) is 11.8 Å². The second-order valence-corrected chi connectivity index (χ2v) is 6.39. The first-order valence-corrected chi connectivity index (χ1v) is 9.10. The summed E-state index contributed by atoms with van der Waals surface area (Å²) in [7, 11) is 3.17. The second-order valence-electron chi connectivity index (χ2n) is 6.39. The van der Waals surface area contributed by atoms with Crippen LogP contribution in [-0.2, 0) is 9.59 Å². The van der Waals surface area contributed by atoms with E-state index in [0.29, 0.717) is 36.9 Å². The highest BCUT2D eigenvalue weighted by Gasteiger charge is 2.36. The fourth-order valence-corrected chi connectivity index (χ4v) is 3.13. The third-order valence-electron chi connectivity index (χ3n) is 4.60. The average Bonchev–Trinajstić information content (AvgIpc) is 3.13. The molecule has 1 heterocycles. The van der Waals surface area contributed by atoms with Crippen molar-refractivity contribution in [1.82, 2.24) is 5.32 Å². The van der Waals surface area contributed by atoms with E-state index in [2.05, 4.69) is 5.32 Å². The zero-order valence-electron chi connectivity index (χ0n) is 16.0. The summed E-state index contributed by atoms with van der Waals surface area (Å²) in [5.41, 5.74) is 0.688. The van der Waals surface area contributed by atoms with E-state index < -0.39 is 5.92 Å². The predicted octanol–water partition coefficient (Wildman–Crippen LogP) is 2.25. The van der Waals surface area contributed by atoms with Gasteiger partial charge in [0.15, 0.2) is 0 Å². The topological polar surface area (TPSA) is 77.1 Å². The molecule has 0 spiro atoms. The molecule has 2 aromatic rings. The number of amides is 2. The van der Waals surface area contributed by atoms with Crippen LogP contribution < -0.4 is 24.4 Å². The molecule has 1 aliphatic rings. The van der Waals surface area contributed by atoms with Crippen molar-refractivity contribution in [1.29, 1.82) is 0 Å². The molecule has 1 saturated heterocycles. The first-order chi connectivity index (χ1) is 13.6. The van der Waals surface area contributed by atoms with E-state index in [1.54, 1.807) is 37.3 Å². The maximum absolute atomic E-state index is 12.4. The molecule has 0 aromatic heterocycles. The number of rotatable bonds is 8. The lowest BCUT2D eigenvalue weighted by molar-refractivity contribution is -0.126. The van der Waals surface area contributed by atoms with Crippen LogP contribution in [0.2, 0.25) is 0 Å². The van der Waals surface area contributed by atoms with Crippen LogP contribution in [0.5, 0.6) is 17.2 Å². The Kier molecular flexibility index (Phi) is 6.37. The molecule has 1 unspecified atom stereocenters. The minimum absolute atomic E-state index is 0.0841. The SMILES string of the molecule is COc1ccc(OCCNC(=O)C2CC(=O)N(c3ccccc3OC)C2)cc1. The number of methoxy groups -OCH3 is 2. The summed E-state index contributed by atoms with van der Waals surface area (Å²) in [5, 5.41) is 2.84. The standard InChI is InChI=1S/C21H24N2O5/c1-26-16-7-9-17(10-8-16)28-12-11-22-21(25)15-13-20(24)23(14-15)18-5-3-4-6-19(18)27-2/h3-10,15H,11-14H2,1-2H3,(H,22,25). The minimum atomic E-state index is -0.390. The normalized spacial score (nSPS) is 16.0. The second kappa shape index (κ2) is 9.12. The van der Waals surface area contributed by atoms with Crippen LogP contribution in [0.15, 0.2) is 48.5 Å². The molecule has 1 aliphatic heterocycles. The quantitative estimate of drug-likeness (QED) is 0.707. The molecular weight excluding hydrogens is 360 g/mol. The number of carbonyl (C=O) groups is 2. The van der Waals surface area contributed by atoms with Crippen molar-refractivity contribution in [3.05, 3.63) is 48.5 Å². The Bertz CT molecular complexity index is 822. The maximum Gasteiger partial charge on any atom is 0.227 e. The van der Waals surface area contributed by atoms with Crippen LogP contribution in [0.4, 0.5) is 5.69 Å². The molecule has 1 atom stereocenters. The minimum Gasteiger partial charge on any atom is -0.497 e. The van der Waals surface area contributed by atoms with E-state index in [1.807, 2.05) is 30.3 Å². The van der Waals surface area contributed by atoms with Gasteiger partial charge in [-0.05, 0) is 36.4 Å². The summed E-state index contributed by atoms with van der Waals surface area (Å²) in [4.78, 5) is 26.4. The molecule has 3 rings (SSSR count). The fourth-order valence-electron chi connectivity index (χ4n) is 3.13. The van der Waals surface area contributed by atoms with Gasteiger partial charge in [0.25, 0.3) is 0 Å². The number of nitrogens with one attached hydrogen (secondary N) is 1. The average molecular weight is 384 g/mol. The van der Waals surface area contributed by atoms with Crippen molar-refractivity contribution < 1.29 is 23.8 Å². The highest BCUT2D eigenvalue weighted by Crippen LogP contribution is 2.32. The predicted molar refractivity (Wildman–Crippen MR) is 105 cm³/mol. The molecule has 0 radical (unpaired) electrons. The molecule has 148 valence electrons. The van der Waals surface area contributed by atoms with E-state index >= 15 is 0 Å². The van der Waals surface area contributed by atoms with Crippen molar-refractivity contribution in [3.8, 4) is 17.2 Å². The van der Waals surface area contributed by atoms with E-state index in [-0.39, 0.29) is 18.2 Å². The molecule has 0 saturated carbocycles. The first kappa shape index (κ1) is 19.5. The molecule has 0 bridgehead atoms. The van der Waals surface area contributed by atoms with Crippen molar-refractivity contribution in [2.45, 2.75) is 6.42 Å². The van der Waals surface area contributed by atoms with Crippen LogP contribution in [-0.4, -0.2) is 45.7 Å². The van der Waals surface area contributed by atoms with Gasteiger partial charge in [-0.3, -0.25) is 9.59 Å². The Hall–Kier alpha value is -3.22. The zero-order chi connectivity index (χ0) is 19.9. The molecule has 2 amide bonds. The summed E-state index contributed by atoms with van der Waals surface area (Å²) < 4.78 is 16.0. The zero-order valence-corrected chi connectivity index (χ0v) is 16.0. The van der Waals surface area contributed by atoms with E-state index in [4.69, 9.17) is 14.2 Å². The lowest BCUT2D eigenvalue weighted by atomic mass is 10.1. The van der Waals surface area contributed by atoms with E-state index in [1.165, 1.54) is 0 Å². The number of benzene rings is 2. The molecule has 7 nitrogen and oxygen atoms in total. The summed E-state index contributed by atoms with van der Waals surface area (Å²) >= 11 is 0.